The maximum absolute atomic E-state index is 12.5. The van der Waals surface area contributed by atoms with Gasteiger partial charge in [0, 0.05) is 23.9 Å². The second-order valence-electron chi connectivity index (χ2n) is 5.41. The van der Waals surface area contributed by atoms with E-state index in [9.17, 15) is 4.79 Å². The predicted molar refractivity (Wildman–Crippen MR) is 95.2 cm³/mol. The van der Waals surface area contributed by atoms with Crippen LogP contribution in [0.2, 0.25) is 0 Å². The Morgan fingerprint density at radius 2 is 1.96 bits per heavy atom. The number of amides is 1. The molecule has 134 valence electrons. The summed E-state index contributed by atoms with van der Waals surface area (Å²) in [6.45, 7) is 2.83. The summed E-state index contributed by atoms with van der Waals surface area (Å²) in [5.41, 5.74) is 1.14. The molecule has 0 radical (unpaired) electrons. The normalized spacial score (nSPS) is 10.4. The van der Waals surface area contributed by atoms with Crippen LogP contribution in [-0.2, 0) is 13.2 Å². The molecule has 0 spiro atoms. The fourth-order valence-corrected chi connectivity index (χ4v) is 2.35. The average molecular weight is 353 g/mol. The first kappa shape index (κ1) is 17.4. The summed E-state index contributed by atoms with van der Waals surface area (Å²) in [6, 6.07) is 14.1. The van der Waals surface area contributed by atoms with E-state index >= 15 is 0 Å². The lowest BCUT2D eigenvalue weighted by Gasteiger charge is -2.09. The first-order chi connectivity index (χ1) is 12.7. The topological polar surface area (TPSA) is 91.2 Å². The van der Waals surface area contributed by atoms with Crippen LogP contribution >= 0.6 is 0 Å². The van der Waals surface area contributed by atoms with Gasteiger partial charge in [-0.25, -0.2) is 4.68 Å². The molecule has 26 heavy (non-hydrogen) atoms. The molecule has 8 nitrogen and oxygen atoms in total. The molecular weight excluding hydrogens is 334 g/mol. The third kappa shape index (κ3) is 4.15. The number of benzene rings is 2. The predicted octanol–water partition coefficient (Wildman–Crippen LogP) is 2.53. The minimum absolute atomic E-state index is 0.224. The van der Waals surface area contributed by atoms with E-state index in [2.05, 4.69) is 20.8 Å². The van der Waals surface area contributed by atoms with Crippen molar-refractivity contribution in [3.8, 4) is 11.5 Å². The monoisotopic (exact) mass is 353 g/mol. The number of nitrogens with one attached hydrogen (secondary N) is 1. The van der Waals surface area contributed by atoms with E-state index in [0.29, 0.717) is 35.1 Å². The Labute approximate surface area is 150 Å². The number of hydrogen-bond acceptors (Lipinski definition) is 6. The van der Waals surface area contributed by atoms with Crippen LogP contribution in [0.15, 0.2) is 48.5 Å². The van der Waals surface area contributed by atoms with Gasteiger partial charge in [-0.15, -0.1) is 5.10 Å². The second-order valence-corrected chi connectivity index (χ2v) is 5.41. The van der Waals surface area contributed by atoms with Gasteiger partial charge in [-0.05, 0) is 47.7 Å². The van der Waals surface area contributed by atoms with Gasteiger partial charge in [0.2, 0.25) is 0 Å². The van der Waals surface area contributed by atoms with E-state index in [1.54, 1.807) is 48.2 Å². The van der Waals surface area contributed by atoms with Crippen LogP contribution in [0, 0.1) is 0 Å². The third-order valence-corrected chi connectivity index (χ3v) is 3.70. The van der Waals surface area contributed by atoms with Crippen LogP contribution in [0.4, 0.5) is 5.69 Å². The van der Waals surface area contributed by atoms with Crippen LogP contribution < -0.4 is 14.8 Å². The molecule has 0 unspecified atom stereocenters. The molecule has 3 rings (SSSR count). The van der Waals surface area contributed by atoms with Gasteiger partial charge in [0.05, 0.1) is 7.11 Å². The average Bonchev–Trinajstić information content (AvgIpc) is 3.14. The van der Waals surface area contributed by atoms with Crippen molar-refractivity contribution in [2.75, 3.05) is 12.4 Å². The maximum atomic E-state index is 12.5. The quantitative estimate of drug-likeness (QED) is 0.702. The van der Waals surface area contributed by atoms with E-state index in [1.807, 2.05) is 19.1 Å². The first-order valence-electron chi connectivity index (χ1n) is 8.13. The van der Waals surface area contributed by atoms with Crippen LogP contribution in [0.25, 0.3) is 0 Å². The standard InChI is InChI=1S/C18H19N5O3/c1-3-23-17(20-21-22-23)12-26-16-9-4-6-13(10-16)18(24)19-14-7-5-8-15(11-14)25-2/h4-11H,3,12H2,1-2H3,(H,19,24). The highest BCUT2D eigenvalue weighted by molar-refractivity contribution is 6.04. The second kappa shape index (κ2) is 8.11. The molecule has 0 atom stereocenters. The number of aryl methyl sites for hydroxylation is 1. The fraction of sp³-hybridized carbons (Fsp3) is 0.222. The number of tetrazole rings is 1. The number of anilines is 1. The highest BCUT2D eigenvalue weighted by Gasteiger charge is 2.09. The Hall–Kier alpha value is -3.42. The van der Waals surface area contributed by atoms with Crippen molar-refractivity contribution in [3.05, 3.63) is 59.9 Å². The summed E-state index contributed by atoms with van der Waals surface area (Å²) >= 11 is 0. The molecule has 8 heteroatoms. The van der Waals surface area contributed by atoms with E-state index < -0.39 is 0 Å². The molecule has 0 saturated carbocycles. The molecule has 0 saturated heterocycles. The number of carbonyl (C=O) groups excluding carboxylic acids is 1. The van der Waals surface area contributed by atoms with Crippen molar-refractivity contribution >= 4 is 11.6 Å². The number of carbonyl (C=O) groups is 1. The Morgan fingerprint density at radius 3 is 2.77 bits per heavy atom. The lowest BCUT2D eigenvalue weighted by atomic mass is 10.2. The Bertz CT molecular complexity index is 894. The van der Waals surface area contributed by atoms with Gasteiger partial charge >= 0.3 is 0 Å². The van der Waals surface area contributed by atoms with E-state index in [-0.39, 0.29) is 12.5 Å². The van der Waals surface area contributed by atoms with Crippen molar-refractivity contribution in [2.45, 2.75) is 20.1 Å². The zero-order chi connectivity index (χ0) is 18.4. The highest BCUT2D eigenvalue weighted by Crippen LogP contribution is 2.19. The molecule has 0 aliphatic carbocycles. The van der Waals surface area contributed by atoms with Crippen molar-refractivity contribution in [2.24, 2.45) is 0 Å². The molecule has 0 fully saturated rings. The fourth-order valence-electron chi connectivity index (χ4n) is 2.35. The molecular formula is C18H19N5O3. The minimum atomic E-state index is -0.234. The van der Waals surface area contributed by atoms with Gasteiger partial charge in [-0.1, -0.05) is 12.1 Å². The van der Waals surface area contributed by atoms with Crippen molar-refractivity contribution in [3.63, 3.8) is 0 Å². The third-order valence-electron chi connectivity index (χ3n) is 3.70. The van der Waals surface area contributed by atoms with Crippen LogP contribution in [0.1, 0.15) is 23.1 Å². The van der Waals surface area contributed by atoms with E-state index in [0.717, 1.165) is 0 Å². The van der Waals surface area contributed by atoms with Gasteiger partial charge in [0.15, 0.2) is 5.82 Å². The summed E-state index contributed by atoms with van der Waals surface area (Å²) in [5.74, 6) is 1.63. The largest absolute Gasteiger partial charge is 0.497 e. The molecule has 1 aromatic heterocycles. The summed E-state index contributed by atoms with van der Waals surface area (Å²) in [6.07, 6.45) is 0. The van der Waals surface area contributed by atoms with E-state index in [1.165, 1.54) is 0 Å². The summed E-state index contributed by atoms with van der Waals surface area (Å²) < 4.78 is 12.5. The summed E-state index contributed by atoms with van der Waals surface area (Å²) in [7, 11) is 1.58. The lowest BCUT2D eigenvalue weighted by Crippen LogP contribution is -2.12. The molecule has 3 aromatic rings. The van der Waals surface area contributed by atoms with Crippen LogP contribution in [0.3, 0.4) is 0 Å². The van der Waals surface area contributed by atoms with Crippen LogP contribution in [0.5, 0.6) is 11.5 Å². The van der Waals surface area contributed by atoms with Crippen molar-refractivity contribution < 1.29 is 14.3 Å². The van der Waals surface area contributed by atoms with Gasteiger partial charge < -0.3 is 14.8 Å². The Balaban J connectivity index is 1.67. The van der Waals surface area contributed by atoms with E-state index in [4.69, 9.17) is 9.47 Å². The lowest BCUT2D eigenvalue weighted by molar-refractivity contribution is 0.102. The molecule has 1 heterocycles. The van der Waals surface area contributed by atoms with Crippen molar-refractivity contribution in [1.29, 1.82) is 0 Å². The molecule has 0 bridgehead atoms. The van der Waals surface area contributed by atoms with Gasteiger partial charge in [0.1, 0.15) is 18.1 Å². The minimum Gasteiger partial charge on any atom is -0.497 e. The Morgan fingerprint density at radius 1 is 1.15 bits per heavy atom. The SMILES string of the molecule is CCn1nnnc1COc1cccc(C(=O)Nc2cccc(OC)c2)c1. The number of hydrogen-bond donors (Lipinski definition) is 1. The molecule has 1 amide bonds. The molecule has 0 aliphatic rings. The highest BCUT2D eigenvalue weighted by atomic mass is 16.5. The van der Waals surface area contributed by atoms with Crippen LogP contribution in [-0.4, -0.2) is 33.2 Å². The smallest absolute Gasteiger partial charge is 0.255 e. The number of nitrogens with zero attached hydrogens (tertiary/aromatic N) is 4. The van der Waals surface area contributed by atoms with Crippen molar-refractivity contribution in [1.82, 2.24) is 20.2 Å². The Kier molecular flexibility index (Phi) is 5.43. The molecule has 1 N–H and O–H groups in total. The first-order valence-corrected chi connectivity index (χ1v) is 8.13. The van der Waals surface area contributed by atoms with Gasteiger partial charge in [-0.2, -0.15) is 0 Å². The van der Waals surface area contributed by atoms with Gasteiger partial charge in [-0.3, -0.25) is 4.79 Å². The number of methoxy groups -OCH3 is 1. The zero-order valence-electron chi connectivity index (χ0n) is 14.5. The summed E-state index contributed by atoms with van der Waals surface area (Å²) in [5, 5.41) is 14.2. The molecule has 0 aliphatic heterocycles. The number of aromatic nitrogens is 4. The number of ether oxygens (including phenoxy) is 2. The van der Waals surface area contributed by atoms with Gasteiger partial charge in [0.25, 0.3) is 5.91 Å². The maximum Gasteiger partial charge on any atom is 0.255 e. The summed E-state index contributed by atoms with van der Waals surface area (Å²) in [4.78, 5) is 12.5. The zero-order valence-corrected chi connectivity index (χ0v) is 14.5. The number of rotatable bonds is 7. The molecule has 2 aromatic carbocycles.